The molecule has 0 fully saturated rings. The lowest BCUT2D eigenvalue weighted by atomic mass is 9.95. The topological polar surface area (TPSA) is 4.93 Å². The molecule has 0 bridgehead atoms. The quantitative estimate of drug-likeness (QED) is 0.264. The van der Waals surface area contributed by atoms with Gasteiger partial charge in [0.15, 0.2) is 0 Å². The van der Waals surface area contributed by atoms with E-state index < -0.39 is 0 Å². The fourth-order valence-corrected chi connectivity index (χ4v) is 5.16. The molecule has 0 unspecified atom stereocenters. The number of aryl methyl sites for hydroxylation is 3. The summed E-state index contributed by atoms with van der Waals surface area (Å²) < 4.78 is 2.41. The molecule has 0 aliphatic rings. The summed E-state index contributed by atoms with van der Waals surface area (Å²) in [7, 11) is 0. The van der Waals surface area contributed by atoms with Gasteiger partial charge in [0.2, 0.25) is 0 Å². The second kappa shape index (κ2) is 8.26. The highest BCUT2D eigenvalue weighted by molar-refractivity contribution is 6.11. The van der Waals surface area contributed by atoms with Crippen LogP contribution in [0.2, 0.25) is 0 Å². The number of fused-ring (bicyclic) bond motifs is 3. The zero-order valence-corrected chi connectivity index (χ0v) is 19.7. The van der Waals surface area contributed by atoms with Gasteiger partial charge >= 0.3 is 0 Å². The molecule has 4 aromatic carbocycles. The third-order valence-electron chi connectivity index (χ3n) is 6.78. The van der Waals surface area contributed by atoms with Crippen molar-refractivity contribution < 1.29 is 0 Å². The number of nitrogens with zero attached hydrogens (tertiary/aromatic N) is 1. The van der Waals surface area contributed by atoms with Gasteiger partial charge in [-0.2, -0.15) is 0 Å². The van der Waals surface area contributed by atoms with E-state index >= 15 is 0 Å². The first kappa shape index (κ1) is 21.0. The fraction of sp³-hybridized carbons (Fsp3) is 0.125. The lowest BCUT2D eigenvalue weighted by molar-refractivity contribution is 1.12. The molecule has 33 heavy (non-hydrogen) atoms. The Kier molecular flexibility index (Phi) is 5.26. The summed E-state index contributed by atoms with van der Waals surface area (Å²) in [5.41, 5.74) is 12.4. The van der Waals surface area contributed by atoms with E-state index in [0.717, 1.165) is 17.5 Å². The van der Waals surface area contributed by atoms with Gasteiger partial charge in [0.25, 0.3) is 0 Å². The summed E-state index contributed by atoms with van der Waals surface area (Å²) in [6.07, 6.45) is 4.84. The zero-order valence-electron chi connectivity index (χ0n) is 19.7. The first-order chi connectivity index (χ1) is 16.1. The predicted molar refractivity (Wildman–Crippen MR) is 145 cm³/mol. The number of aromatic nitrogens is 1. The second-order valence-electron chi connectivity index (χ2n) is 8.73. The highest BCUT2D eigenvalue weighted by Gasteiger charge is 2.16. The lowest BCUT2D eigenvalue weighted by Crippen LogP contribution is -1.95. The Hall–Kier alpha value is -3.84. The molecule has 1 nitrogen and oxygen atoms in total. The molecule has 0 spiro atoms. The van der Waals surface area contributed by atoms with E-state index in [4.69, 9.17) is 0 Å². The van der Waals surface area contributed by atoms with Gasteiger partial charge in [-0.3, -0.25) is 0 Å². The van der Waals surface area contributed by atoms with E-state index in [1.54, 1.807) is 0 Å². The monoisotopic (exact) mass is 427 g/mol. The van der Waals surface area contributed by atoms with Crippen LogP contribution in [-0.2, 0) is 6.42 Å². The highest BCUT2D eigenvalue weighted by Crippen LogP contribution is 2.37. The number of hydrogen-bond acceptors (Lipinski definition) is 0. The van der Waals surface area contributed by atoms with Gasteiger partial charge in [-0.1, -0.05) is 80.8 Å². The average molecular weight is 428 g/mol. The van der Waals surface area contributed by atoms with Crippen LogP contribution in [0.25, 0.3) is 50.8 Å². The minimum atomic E-state index is 1.03. The number of hydrogen-bond donors (Lipinski definition) is 0. The molecule has 0 saturated carbocycles. The van der Waals surface area contributed by atoms with E-state index in [9.17, 15) is 0 Å². The summed E-state index contributed by atoms with van der Waals surface area (Å²) in [5, 5.41) is 2.71. The van der Waals surface area contributed by atoms with Crippen LogP contribution >= 0.6 is 0 Å². The van der Waals surface area contributed by atoms with Crippen LogP contribution in [0.4, 0.5) is 0 Å². The van der Waals surface area contributed by atoms with Gasteiger partial charge in [-0.15, -0.1) is 0 Å². The van der Waals surface area contributed by atoms with Crippen molar-refractivity contribution in [2.24, 2.45) is 0 Å². The molecule has 0 atom stereocenters. The SMILES string of the molecule is C=Cc1cccc(-c2ccc(-n3c4cc(C)ccc4c4c(CC)c(C)ccc43)cc2)c1C=C. The molecule has 0 N–H and O–H groups in total. The van der Waals surface area contributed by atoms with Crippen molar-refractivity contribution in [3.8, 4) is 16.8 Å². The zero-order chi connectivity index (χ0) is 23.1. The standard InChI is InChI=1S/C32H29N/c1-6-23-10-9-11-28(27(23)8-3)24-14-16-25(17-15-24)33-30-19-13-22(5)26(7-2)32(30)29-18-12-21(4)20-31(29)33/h6,8-20H,1,3,7H2,2,4-5H3. The molecule has 162 valence electrons. The van der Waals surface area contributed by atoms with Crippen LogP contribution in [0.3, 0.4) is 0 Å². The van der Waals surface area contributed by atoms with E-state index in [-0.39, 0.29) is 0 Å². The molecular weight excluding hydrogens is 398 g/mol. The molecule has 5 rings (SSSR count). The Morgan fingerprint density at radius 1 is 0.818 bits per heavy atom. The summed E-state index contributed by atoms with van der Waals surface area (Å²) in [5.74, 6) is 0. The van der Waals surface area contributed by atoms with Gasteiger partial charge < -0.3 is 4.57 Å². The van der Waals surface area contributed by atoms with E-state index in [1.807, 2.05) is 12.2 Å². The van der Waals surface area contributed by atoms with Crippen LogP contribution in [0.1, 0.15) is 34.7 Å². The van der Waals surface area contributed by atoms with Crippen molar-refractivity contribution in [2.75, 3.05) is 0 Å². The molecule has 1 heteroatoms. The van der Waals surface area contributed by atoms with Crippen LogP contribution in [0, 0.1) is 13.8 Å². The largest absolute Gasteiger partial charge is 0.309 e. The predicted octanol–water partition coefficient (Wildman–Crippen LogP) is 8.92. The molecular formula is C32H29N. The van der Waals surface area contributed by atoms with Gasteiger partial charge in [0.1, 0.15) is 0 Å². The number of rotatable bonds is 5. The molecule has 0 saturated heterocycles. The molecule has 1 heterocycles. The van der Waals surface area contributed by atoms with Crippen molar-refractivity contribution in [1.82, 2.24) is 4.57 Å². The Morgan fingerprint density at radius 2 is 1.61 bits per heavy atom. The summed E-state index contributed by atoms with van der Waals surface area (Å²) in [6.45, 7) is 14.6. The molecule has 0 radical (unpaired) electrons. The maximum Gasteiger partial charge on any atom is 0.0544 e. The summed E-state index contributed by atoms with van der Waals surface area (Å²) in [6, 6.07) is 26.6. The van der Waals surface area contributed by atoms with Crippen LogP contribution in [0.15, 0.2) is 86.0 Å². The van der Waals surface area contributed by atoms with E-state index in [0.29, 0.717) is 0 Å². The number of benzene rings is 4. The molecule has 0 aliphatic carbocycles. The van der Waals surface area contributed by atoms with Crippen LogP contribution in [0.5, 0.6) is 0 Å². The van der Waals surface area contributed by atoms with Crippen molar-refractivity contribution in [3.63, 3.8) is 0 Å². The fourth-order valence-electron chi connectivity index (χ4n) is 5.16. The van der Waals surface area contributed by atoms with Crippen molar-refractivity contribution in [1.29, 1.82) is 0 Å². The Balaban J connectivity index is 1.75. The van der Waals surface area contributed by atoms with Crippen LogP contribution in [-0.4, -0.2) is 4.57 Å². The molecule has 0 aliphatic heterocycles. The Morgan fingerprint density at radius 3 is 2.30 bits per heavy atom. The summed E-state index contributed by atoms with van der Waals surface area (Å²) in [4.78, 5) is 0. The average Bonchev–Trinajstić information content (AvgIpc) is 3.16. The Bertz CT molecular complexity index is 1530. The third-order valence-corrected chi connectivity index (χ3v) is 6.78. The van der Waals surface area contributed by atoms with E-state index in [1.165, 1.54) is 55.3 Å². The second-order valence-corrected chi connectivity index (χ2v) is 8.73. The minimum absolute atomic E-state index is 1.03. The maximum absolute atomic E-state index is 4.03. The van der Waals surface area contributed by atoms with Gasteiger partial charge in [0.05, 0.1) is 11.0 Å². The Labute approximate surface area is 196 Å². The van der Waals surface area contributed by atoms with Crippen LogP contribution < -0.4 is 0 Å². The van der Waals surface area contributed by atoms with Crippen molar-refractivity contribution >= 4 is 34.0 Å². The van der Waals surface area contributed by atoms with Crippen molar-refractivity contribution in [3.05, 3.63) is 114 Å². The minimum Gasteiger partial charge on any atom is -0.309 e. The first-order valence-electron chi connectivity index (χ1n) is 11.6. The van der Waals surface area contributed by atoms with Gasteiger partial charge in [-0.25, -0.2) is 0 Å². The van der Waals surface area contributed by atoms with Gasteiger partial charge in [0, 0.05) is 16.5 Å². The molecule has 1 aromatic heterocycles. The summed E-state index contributed by atoms with van der Waals surface area (Å²) >= 11 is 0. The van der Waals surface area contributed by atoms with Gasteiger partial charge in [-0.05, 0) is 83.5 Å². The first-order valence-corrected chi connectivity index (χ1v) is 11.6. The van der Waals surface area contributed by atoms with E-state index in [2.05, 4.69) is 111 Å². The normalized spacial score (nSPS) is 11.2. The molecule has 5 aromatic rings. The molecule has 0 amide bonds. The maximum atomic E-state index is 4.03. The highest BCUT2D eigenvalue weighted by atomic mass is 15.0. The van der Waals surface area contributed by atoms with Crippen molar-refractivity contribution in [2.45, 2.75) is 27.2 Å². The third kappa shape index (κ3) is 3.32. The lowest BCUT2D eigenvalue weighted by Gasteiger charge is -2.13. The smallest absolute Gasteiger partial charge is 0.0544 e.